The van der Waals surface area contributed by atoms with E-state index in [1.807, 2.05) is 24.3 Å². The zero-order valence-electron chi connectivity index (χ0n) is 13.5. The van der Waals surface area contributed by atoms with Gasteiger partial charge in [0.15, 0.2) is 0 Å². The molecule has 1 aromatic rings. The number of halogens is 1. The molecule has 0 saturated heterocycles. The van der Waals surface area contributed by atoms with E-state index in [1.165, 1.54) is 12.8 Å². The quantitative estimate of drug-likeness (QED) is 0.491. The maximum atomic E-state index is 12.2. The molecule has 0 N–H and O–H groups in total. The predicted octanol–water partition coefficient (Wildman–Crippen LogP) is 5.55. The molecule has 0 heterocycles. The van der Waals surface area contributed by atoms with Crippen LogP contribution in [0.15, 0.2) is 33.6 Å². The fraction of sp³-hybridized carbons (Fsp3) is 0.611. The fourth-order valence-electron chi connectivity index (χ4n) is 3.13. The fourth-order valence-corrected chi connectivity index (χ4v) is 4.07. The number of carbonyl (C=O) groups is 1. The van der Waals surface area contributed by atoms with Gasteiger partial charge in [-0.25, -0.2) is 0 Å². The van der Waals surface area contributed by atoms with Crippen LogP contribution in [0.4, 0.5) is 0 Å². The summed E-state index contributed by atoms with van der Waals surface area (Å²) in [5.41, 5.74) is 0. The first-order chi connectivity index (χ1) is 10.5. The van der Waals surface area contributed by atoms with Crippen LogP contribution >= 0.6 is 27.7 Å². The molecule has 0 aliphatic heterocycles. The highest BCUT2D eigenvalue weighted by atomic mass is 79.9. The third kappa shape index (κ3) is 5.31. The summed E-state index contributed by atoms with van der Waals surface area (Å²) in [6.45, 7) is 6.73. The van der Waals surface area contributed by atoms with Crippen LogP contribution in [-0.2, 0) is 9.53 Å². The molecule has 0 unspecified atom stereocenters. The van der Waals surface area contributed by atoms with Crippen LogP contribution < -0.4 is 0 Å². The van der Waals surface area contributed by atoms with Crippen LogP contribution in [0, 0.1) is 17.8 Å². The minimum Gasteiger partial charge on any atom is -0.461 e. The molecule has 0 amide bonds. The summed E-state index contributed by atoms with van der Waals surface area (Å²) >= 11 is 4.96. The Bertz CT molecular complexity index is 486. The maximum Gasteiger partial charge on any atom is 0.316 e. The van der Waals surface area contributed by atoms with Crippen molar-refractivity contribution in [1.82, 2.24) is 0 Å². The normalized spacial score (nSPS) is 25.2. The van der Waals surface area contributed by atoms with Gasteiger partial charge in [-0.05, 0) is 54.9 Å². The summed E-state index contributed by atoms with van der Waals surface area (Å²) in [6.07, 6.45) is 3.54. The zero-order valence-corrected chi connectivity index (χ0v) is 16.0. The Hall–Kier alpha value is -0.480. The molecule has 2 nitrogen and oxygen atoms in total. The van der Waals surface area contributed by atoms with Crippen molar-refractivity contribution in [3.8, 4) is 0 Å². The molecule has 22 heavy (non-hydrogen) atoms. The molecule has 1 aromatic carbocycles. The van der Waals surface area contributed by atoms with Gasteiger partial charge in [0.1, 0.15) is 6.10 Å². The molecule has 1 aliphatic rings. The molecule has 0 aromatic heterocycles. The van der Waals surface area contributed by atoms with E-state index >= 15 is 0 Å². The van der Waals surface area contributed by atoms with Gasteiger partial charge in [0.05, 0.1) is 5.75 Å². The Labute approximate surface area is 146 Å². The minimum absolute atomic E-state index is 0.0855. The Morgan fingerprint density at radius 3 is 2.64 bits per heavy atom. The highest BCUT2D eigenvalue weighted by Crippen LogP contribution is 2.35. The summed E-state index contributed by atoms with van der Waals surface area (Å²) < 4.78 is 6.86. The van der Waals surface area contributed by atoms with Crippen molar-refractivity contribution < 1.29 is 9.53 Å². The summed E-state index contributed by atoms with van der Waals surface area (Å²) in [5, 5.41) is 0. The van der Waals surface area contributed by atoms with E-state index in [2.05, 4.69) is 36.7 Å². The molecule has 0 spiro atoms. The van der Waals surface area contributed by atoms with E-state index in [1.54, 1.807) is 11.8 Å². The number of benzene rings is 1. The molecule has 3 atom stereocenters. The monoisotopic (exact) mass is 384 g/mol. The molecule has 122 valence electrons. The second kappa shape index (κ2) is 8.39. The molecular weight excluding hydrogens is 360 g/mol. The summed E-state index contributed by atoms with van der Waals surface area (Å²) in [6, 6.07) is 8.01. The first-order valence-electron chi connectivity index (χ1n) is 8.03. The molecule has 0 bridgehead atoms. The second-order valence-electron chi connectivity index (χ2n) is 6.60. The van der Waals surface area contributed by atoms with E-state index < -0.39 is 0 Å². The van der Waals surface area contributed by atoms with Gasteiger partial charge in [0.25, 0.3) is 0 Å². The average Bonchev–Trinajstić information content (AvgIpc) is 2.46. The Morgan fingerprint density at radius 1 is 1.32 bits per heavy atom. The van der Waals surface area contributed by atoms with E-state index in [-0.39, 0.29) is 12.1 Å². The van der Waals surface area contributed by atoms with E-state index in [4.69, 9.17) is 4.74 Å². The summed E-state index contributed by atoms with van der Waals surface area (Å²) in [5.74, 6) is 2.05. The SMILES string of the molecule is CC(C)[C@H]1CC[C@@H](C)C[C@@H]1OC(=O)CSc1ccc(Br)cc1. The molecular formula is C18H25BrO2S. The Morgan fingerprint density at radius 2 is 2.00 bits per heavy atom. The smallest absolute Gasteiger partial charge is 0.316 e. The standard InChI is InChI=1S/C18H25BrO2S/c1-12(2)16-9-4-13(3)10-17(16)21-18(20)11-22-15-7-5-14(19)6-8-15/h5-8,12-13,16-17H,4,9-11H2,1-3H3/t13-,16-,17+/m1/s1. The Kier molecular flexibility index (Phi) is 6.82. The molecule has 1 fully saturated rings. The lowest BCUT2D eigenvalue weighted by atomic mass is 9.75. The van der Waals surface area contributed by atoms with Crippen molar-refractivity contribution in [2.75, 3.05) is 5.75 Å². The highest BCUT2D eigenvalue weighted by molar-refractivity contribution is 9.10. The Balaban J connectivity index is 1.85. The number of rotatable bonds is 5. The van der Waals surface area contributed by atoms with Crippen LogP contribution in [0.2, 0.25) is 0 Å². The van der Waals surface area contributed by atoms with Gasteiger partial charge in [-0.2, -0.15) is 0 Å². The number of carbonyl (C=O) groups excluding carboxylic acids is 1. The van der Waals surface area contributed by atoms with Crippen LogP contribution in [0.5, 0.6) is 0 Å². The van der Waals surface area contributed by atoms with Crippen molar-refractivity contribution in [1.29, 1.82) is 0 Å². The molecule has 1 saturated carbocycles. The number of ether oxygens (including phenoxy) is 1. The zero-order chi connectivity index (χ0) is 16.1. The van der Waals surface area contributed by atoms with E-state index in [9.17, 15) is 4.79 Å². The van der Waals surface area contributed by atoms with Gasteiger partial charge in [-0.15, -0.1) is 11.8 Å². The predicted molar refractivity (Wildman–Crippen MR) is 96.1 cm³/mol. The number of thioether (sulfide) groups is 1. The van der Waals surface area contributed by atoms with Crippen molar-refractivity contribution in [3.63, 3.8) is 0 Å². The summed E-state index contributed by atoms with van der Waals surface area (Å²) in [4.78, 5) is 13.3. The van der Waals surface area contributed by atoms with Crippen LogP contribution in [-0.4, -0.2) is 17.8 Å². The van der Waals surface area contributed by atoms with Crippen molar-refractivity contribution in [2.24, 2.45) is 17.8 Å². The average molecular weight is 385 g/mol. The number of esters is 1. The first kappa shape index (κ1) is 17.9. The second-order valence-corrected chi connectivity index (χ2v) is 8.56. The van der Waals surface area contributed by atoms with E-state index in [0.717, 1.165) is 15.8 Å². The lowest BCUT2D eigenvalue weighted by Gasteiger charge is -2.36. The first-order valence-corrected chi connectivity index (χ1v) is 9.81. The summed E-state index contributed by atoms with van der Waals surface area (Å²) in [7, 11) is 0. The van der Waals surface area contributed by atoms with Gasteiger partial charge >= 0.3 is 5.97 Å². The van der Waals surface area contributed by atoms with Crippen molar-refractivity contribution >= 4 is 33.7 Å². The van der Waals surface area contributed by atoms with Gasteiger partial charge in [-0.3, -0.25) is 4.79 Å². The third-order valence-electron chi connectivity index (χ3n) is 4.41. The van der Waals surface area contributed by atoms with Gasteiger partial charge < -0.3 is 4.74 Å². The largest absolute Gasteiger partial charge is 0.461 e. The van der Waals surface area contributed by atoms with Crippen molar-refractivity contribution in [2.45, 2.75) is 51.0 Å². The highest BCUT2D eigenvalue weighted by Gasteiger charge is 2.33. The van der Waals surface area contributed by atoms with Crippen LogP contribution in [0.25, 0.3) is 0 Å². The van der Waals surface area contributed by atoms with Crippen molar-refractivity contribution in [3.05, 3.63) is 28.7 Å². The maximum absolute atomic E-state index is 12.2. The minimum atomic E-state index is -0.0855. The lowest BCUT2D eigenvalue weighted by molar-refractivity contribution is -0.152. The van der Waals surface area contributed by atoms with Crippen LogP contribution in [0.1, 0.15) is 40.0 Å². The van der Waals surface area contributed by atoms with E-state index in [0.29, 0.717) is 23.5 Å². The third-order valence-corrected chi connectivity index (χ3v) is 5.93. The van der Waals surface area contributed by atoms with Crippen LogP contribution in [0.3, 0.4) is 0 Å². The number of hydrogen-bond acceptors (Lipinski definition) is 3. The van der Waals surface area contributed by atoms with Gasteiger partial charge in [-0.1, -0.05) is 43.1 Å². The van der Waals surface area contributed by atoms with Gasteiger partial charge in [0, 0.05) is 9.37 Å². The lowest BCUT2D eigenvalue weighted by Crippen LogP contribution is -2.36. The topological polar surface area (TPSA) is 26.3 Å². The van der Waals surface area contributed by atoms with Gasteiger partial charge in [0.2, 0.25) is 0 Å². The molecule has 2 rings (SSSR count). The molecule has 0 radical (unpaired) electrons. The number of hydrogen-bond donors (Lipinski definition) is 0. The molecule has 1 aliphatic carbocycles. The molecule has 4 heteroatoms.